The molecule has 2 atom stereocenters. The summed E-state index contributed by atoms with van der Waals surface area (Å²) >= 11 is 0. The van der Waals surface area contributed by atoms with Gasteiger partial charge < -0.3 is 19.3 Å². The summed E-state index contributed by atoms with van der Waals surface area (Å²) in [6.45, 7) is 5.28. The van der Waals surface area contributed by atoms with E-state index in [0.29, 0.717) is 5.75 Å². The first-order chi connectivity index (χ1) is 12.5. The number of carbonyl (C=O) groups excluding carboxylic acids is 2. The van der Waals surface area contributed by atoms with Crippen molar-refractivity contribution in [3.63, 3.8) is 0 Å². The Morgan fingerprint density at radius 1 is 1.15 bits per heavy atom. The number of piperidine rings is 2. The predicted octanol–water partition coefficient (Wildman–Crippen LogP) is 2.47. The van der Waals surface area contributed by atoms with E-state index >= 15 is 0 Å². The molecule has 0 radical (unpaired) electrons. The van der Waals surface area contributed by atoms with Crippen LogP contribution in [0, 0.1) is 0 Å². The highest BCUT2D eigenvalue weighted by Crippen LogP contribution is 2.39. The second kappa shape index (κ2) is 7.56. The number of nitrogens with zero attached hydrogens (tertiary/aromatic N) is 2. The molecule has 0 aliphatic carbocycles. The maximum absolute atomic E-state index is 12.8. The second-order valence-corrected chi connectivity index (χ2v) is 7.34. The monoisotopic (exact) mass is 360 g/mol. The molecule has 0 bridgehead atoms. The number of ether oxygens (including phenoxy) is 2. The Labute approximate surface area is 155 Å². The zero-order valence-corrected chi connectivity index (χ0v) is 15.9. The number of hydrogen-bond donors (Lipinski definition) is 0. The van der Waals surface area contributed by atoms with Crippen LogP contribution in [0.1, 0.15) is 39.5 Å². The van der Waals surface area contributed by atoms with Crippen molar-refractivity contribution < 1.29 is 19.1 Å². The van der Waals surface area contributed by atoms with Crippen LogP contribution in [-0.2, 0) is 9.59 Å². The van der Waals surface area contributed by atoms with Gasteiger partial charge in [0.05, 0.1) is 18.7 Å². The van der Waals surface area contributed by atoms with Crippen LogP contribution < -0.4 is 9.47 Å². The summed E-state index contributed by atoms with van der Waals surface area (Å²) in [6.07, 6.45) is 3.73. The third-order valence-corrected chi connectivity index (χ3v) is 5.77. The molecule has 2 saturated heterocycles. The third kappa shape index (κ3) is 3.50. The molecule has 6 nitrogen and oxygen atoms in total. The Hall–Kier alpha value is -2.24. The van der Waals surface area contributed by atoms with Crippen LogP contribution in [0.5, 0.6) is 11.5 Å². The molecule has 2 aliphatic rings. The molecule has 6 heteroatoms. The second-order valence-electron chi connectivity index (χ2n) is 7.34. The van der Waals surface area contributed by atoms with Gasteiger partial charge in [-0.05, 0) is 56.9 Å². The van der Waals surface area contributed by atoms with Crippen LogP contribution in [0.25, 0.3) is 0 Å². The van der Waals surface area contributed by atoms with Crippen molar-refractivity contribution in [2.24, 2.45) is 0 Å². The van der Waals surface area contributed by atoms with Gasteiger partial charge in [-0.15, -0.1) is 0 Å². The van der Waals surface area contributed by atoms with Gasteiger partial charge in [-0.3, -0.25) is 9.59 Å². The van der Waals surface area contributed by atoms with Crippen molar-refractivity contribution in [3.8, 4) is 11.5 Å². The summed E-state index contributed by atoms with van der Waals surface area (Å²) in [6, 6.07) is 7.28. The molecule has 0 aromatic heterocycles. The molecule has 3 rings (SSSR count). The summed E-state index contributed by atoms with van der Waals surface area (Å²) in [7, 11) is 1.61. The molecule has 2 aliphatic heterocycles. The summed E-state index contributed by atoms with van der Waals surface area (Å²) in [5, 5.41) is 0. The molecule has 0 saturated carbocycles. The van der Waals surface area contributed by atoms with E-state index in [4.69, 9.17) is 9.47 Å². The number of methoxy groups -OCH3 is 1. The number of rotatable bonds is 4. The molecule has 2 amide bonds. The van der Waals surface area contributed by atoms with Crippen molar-refractivity contribution >= 4 is 11.8 Å². The molecule has 2 heterocycles. The predicted molar refractivity (Wildman–Crippen MR) is 98.3 cm³/mol. The first-order valence-electron chi connectivity index (χ1n) is 9.30. The smallest absolute Gasteiger partial charge is 0.260 e. The average Bonchev–Trinajstić information content (AvgIpc) is 2.64. The minimum absolute atomic E-state index is 0.0119. The fraction of sp³-hybridized carbons (Fsp3) is 0.600. The van der Waals surface area contributed by atoms with Crippen LogP contribution in [0.15, 0.2) is 24.3 Å². The van der Waals surface area contributed by atoms with Gasteiger partial charge in [0.2, 0.25) is 5.91 Å². The van der Waals surface area contributed by atoms with Crippen molar-refractivity contribution in [2.45, 2.75) is 51.1 Å². The molecule has 0 unspecified atom stereocenters. The van der Waals surface area contributed by atoms with Crippen LogP contribution in [-0.4, -0.2) is 60.0 Å². The van der Waals surface area contributed by atoms with Gasteiger partial charge in [0.15, 0.2) is 6.61 Å². The molecule has 2 fully saturated rings. The number of hydrogen-bond acceptors (Lipinski definition) is 4. The highest BCUT2D eigenvalue weighted by Gasteiger charge is 2.49. The van der Waals surface area contributed by atoms with Crippen molar-refractivity contribution in [3.05, 3.63) is 24.3 Å². The molecule has 1 aromatic rings. The molecule has 1 aromatic carbocycles. The number of amides is 2. The highest BCUT2D eigenvalue weighted by molar-refractivity contribution is 5.79. The van der Waals surface area contributed by atoms with E-state index in [1.807, 2.05) is 21.9 Å². The van der Waals surface area contributed by atoms with Gasteiger partial charge in [-0.1, -0.05) is 0 Å². The SMILES string of the molecule is COc1ccc(OCC(=O)N2CCC[C@@]3(C)[C@@H]2CCCN3C(C)=O)cc1. The summed E-state index contributed by atoms with van der Waals surface area (Å²) in [4.78, 5) is 28.8. The van der Waals surface area contributed by atoms with Crippen LogP contribution in [0.2, 0.25) is 0 Å². The lowest BCUT2D eigenvalue weighted by atomic mass is 9.76. The lowest BCUT2D eigenvalue weighted by molar-refractivity contribution is -0.155. The molecule has 26 heavy (non-hydrogen) atoms. The zero-order chi connectivity index (χ0) is 18.7. The minimum atomic E-state index is -0.266. The Morgan fingerprint density at radius 2 is 1.85 bits per heavy atom. The topological polar surface area (TPSA) is 59.1 Å². The number of carbonyl (C=O) groups is 2. The maximum atomic E-state index is 12.8. The van der Waals surface area contributed by atoms with E-state index in [9.17, 15) is 9.59 Å². The number of benzene rings is 1. The normalized spacial score (nSPS) is 25.4. The largest absolute Gasteiger partial charge is 0.497 e. The van der Waals surface area contributed by atoms with Crippen LogP contribution in [0.4, 0.5) is 0 Å². The molecule has 0 N–H and O–H groups in total. The van der Waals surface area contributed by atoms with Gasteiger partial charge in [-0.25, -0.2) is 0 Å². The van der Waals surface area contributed by atoms with Gasteiger partial charge in [0.25, 0.3) is 5.91 Å². The quantitative estimate of drug-likeness (QED) is 0.828. The van der Waals surface area contributed by atoms with Gasteiger partial charge >= 0.3 is 0 Å². The lowest BCUT2D eigenvalue weighted by Gasteiger charge is -2.56. The lowest BCUT2D eigenvalue weighted by Crippen LogP contribution is -2.68. The summed E-state index contributed by atoms with van der Waals surface area (Å²) in [5.41, 5.74) is -0.266. The van der Waals surface area contributed by atoms with Gasteiger partial charge in [-0.2, -0.15) is 0 Å². The van der Waals surface area contributed by atoms with Crippen molar-refractivity contribution in [1.82, 2.24) is 9.80 Å². The van der Waals surface area contributed by atoms with E-state index in [1.165, 1.54) is 0 Å². The zero-order valence-electron chi connectivity index (χ0n) is 15.9. The summed E-state index contributed by atoms with van der Waals surface area (Å²) in [5.74, 6) is 1.48. The fourth-order valence-corrected chi connectivity index (χ4v) is 4.46. The fourth-order valence-electron chi connectivity index (χ4n) is 4.46. The molecular weight excluding hydrogens is 332 g/mol. The van der Waals surface area contributed by atoms with Crippen molar-refractivity contribution in [1.29, 1.82) is 0 Å². The standard InChI is InChI=1S/C20H28N2O4/c1-15(23)22-13-4-6-18-20(22,2)11-5-12-21(18)19(24)14-26-17-9-7-16(25-3)8-10-17/h7-10,18H,4-6,11-14H2,1-3H3/t18-,20-/m0/s1. The molecule has 142 valence electrons. The van der Waals surface area contributed by atoms with E-state index < -0.39 is 0 Å². The van der Waals surface area contributed by atoms with Gasteiger partial charge in [0.1, 0.15) is 11.5 Å². The van der Waals surface area contributed by atoms with E-state index in [-0.39, 0.29) is 30.0 Å². The Morgan fingerprint density at radius 3 is 2.50 bits per heavy atom. The van der Waals surface area contributed by atoms with Crippen LogP contribution in [0.3, 0.4) is 0 Å². The van der Waals surface area contributed by atoms with Crippen molar-refractivity contribution in [2.75, 3.05) is 26.8 Å². The third-order valence-electron chi connectivity index (χ3n) is 5.77. The number of likely N-dealkylation sites (tertiary alicyclic amines) is 2. The minimum Gasteiger partial charge on any atom is -0.497 e. The summed E-state index contributed by atoms with van der Waals surface area (Å²) < 4.78 is 10.8. The average molecular weight is 360 g/mol. The maximum Gasteiger partial charge on any atom is 0.260 e. The molecular formula is C20H28N2O4. The van der Waals surface area contributed by atoms with E-state index in [2.05, 4.69) is 6.92 Å². The van der Waals surface area contributed by atoms with E-state index in [1.54, 1.807) is 26.2 Å². The van der Waals surface area contributed by atoms with Gasteiger partial charge in [0, 0.05) is 20.0 Å². The van der Waals surface area contributed by atoms with Crippen LogP contribution >= 0.6 is 0 Å². The first kappa shape index (κ1) is 18.5. The Balaban J connectivity index is 1.67. The van der Waals surface area contributed by atoms with E-state index in [0.717, 1.165) is 44.5 Å². The highest BCUT2D eigenvalue weighted by atomic mass is 16.5. The first-order valence-corrected chi connectivity index (χ1v) is 9.30. The Kier molecular flexibility index (Phi) is 5.39. The number of fused-ring (bicyclic) bond motifs is 1. The Bertz CT molecular complexity index is 660. The molecule has 0 spiro atoms.